The van der Waals surface area contributed by atoms with Crippen molar-refractivity contribution in [3.05, 3.63) is 104 Å². The van der Waals surface area contributed by atoms with E-state index in [1.807, 2.05) is 79.7 Å². The maximum Gasteiger partial charge on any atom is 0.313 e. The van der Waals surface area contributed by atoms with Gasteiger partial charge in [0.15, 0.2) is 0 Å². The molecule has 0 aromatic heterocycles. The Labute approximate surface area is 251 Å². The minimum Gasteiger partial charge on any atom is -0.461 e. The molecule has 8 heteroatoms. The maximum absolute atomic E-state index is 15.0. The normalized spacial score (nSPS) is 28.0. The molecule has 3 fully saturated rings. The van der Waals surface area contributed by atoms with E-state index in [4.69, 9.17) is 9.47 Å². The van der Waals surface area contributed by atoms with Crippen LogP contribution in [0.4, 0.5) is 5.69 Å². The van der Waals surface area contributed by atoms with Gasteiger partial charge in [0.2, 0.25) is 5.91 Å². The van der Waals surface area contributed by atoms with Gasteiger partial charge in [-0.05, 0) is 48.2 Å². The first kappa shape index (κ1) is 28.8. The van der Waals surface area contributed by atoms with Crippen LogP contribution in [0.15, 0.2) is 98.1 Å². The lowest BCUT2D eigenvalue weighted by atomic mass is 9.66. The van der Waals surface area contributed by atoms with E-state index in [0.29, 0.717) is 24.1 Å². The van der Waals surface area contributed by atoms with Crippen LogP contribution in [-0.4, -0.2) is 64.8 Å². The quantitative estimate of drug-likeness (QED) is 0.279. The lowest BCUT2D eigenvalue weighted by molar-refractivity contribution is -0.159. The van der Waals surface area contributed by atoms with Crippen molar-refractivity contribution in [2.24, 2.45) is 11.8 Å². The summed E-state index contributed by atoms with van der Waals surface area (Å²) in [7, 11) is 0. The number of amides is 2. The van der Waals surface area contributed by atoms with E-state index >= 15 is 0 Å². The Bertz CT molecular complexity index is 1590. The van der Waals surface area contributed by atoms with Crippen molar-refractivity contribution < 1.29 is 29.0 Å². The highest BCUT2D eigenvalue weighted by atomic mass is 16.6. The predicted octanol–water partition coefficient (Wildman–Crippen LogP) is 4.59. The van der Waals surface area contributed by atoms with Crippen molar-refractivity contribution in [2.75, 3.05) is 24.7 Å². The minimum atomic E-state index is -1.28. The Kier molecular flexibility index (Phi) is 7.44. The zero-order valence-electron chi connectivity index (χ0n) is 24.2. The molecule has 3 heterocycles. The molecule has 43 heavy (non-hydrogen) atoms. The lowest BCUT2D eigenvalue weighted by Crippen LogP contribution is -2.57. The van der Waals surface area contributed by atoms with Crippen molar-refractivity contribution in [2.45, 2.75) is 43.1 Å². The third kappa shape index (κ3) is 4.48. The number of aliphatic hydroxyl groups is 1. The molecule has 1 N–H and O–H groups in total. The molecule has 222 valence electrons. The summed E-state index contributed by atoms with van der Waals surface area (Å²) in [4.78, 5) is 46.1. The van der Waals surface area contributed by atoms with Crippen LogP contribution < -0.4 is 4.90 Å². The topological polar surface area (TPSA) is 96.4 Å². The first-order valence-corrected chi connectivity index (χ1v) is 14.7. The van der Waals surface area contributed by atoms with Crippen molar-refractivity contribution in [3.8, 4) is 0 Å². The Hall–Kier alpha value is -4.27. The van der Waals surface area contributed by atoms with Crippen molar-refractivity contribution in [1.29, 1.82) is 0 Å². The number of rotatable bonds is 10. The molecule has 3 aromatic rings. The van der Waals surface area contributed by atoms with E-state index in [2.05, 4.69) is 13.2 Å². The summed E-state index contributed by atoms with van der Waals surface area (Å²) < 4.78 is 12.2. The fraction of sp³-hybridized carbons (Fsp3) is 0.343. The standard InChI is InChI=1S/C35H36N2O6/c1-4-19-36(26-16-15-23-11-9-10-14-25(23)21-26)32(40)30-35-18-17-34(3,43-35)29(33(41)42-20-5-2)28(35)31(39)37(30)27(22-38)24-12-7-6-8-13-24/h4-16,21,27-30,38H,1-2,17-20,22H2,3H3/t27-,28+,29-,30?,34+,35?/m1/s1. The second-order valence-corrected chi connectivity index (χ2v) is 11.8. The molecule has 1 spiro atoms. The average molecular weight is 581 g/mol. The Morgan fingerprint density at radius 1 is 1.07 bits per heavy atom. The van der Waals surface area contributed by atoms with Gasteiger partial charge in [-0.1, -0.05) is 79.4 Å². The number of esters is 1. The minimum absolute atomic E-state index is 0.00372. The fourth-order valence-electron chi connectivity index (χ4n) is 7.54. The summed E-state index contributed by atoms with van der Waals surface area (Å²) in [5.41, 5.74) is -0.923. The molecular weight excluding hydrogens is 544 g/mol. The summed E-state index contributed by atoms with van der Waals surface area (Å²) in [5, 5.41) is 12.7. The molecule has 8 nitrogen and oxygen atoms in total. The molecule has 2 amide bonds. The van der Waals surface area contributed by atoms with Crippen LogP contribution in [0, 0.1) is 11.8 Å². The van der Waals surface area contributed by atoms with Gasteiger partial charge >= 0.3 is 5.97 Å². The monoisotopic (exact) mass is 580 g/mol. The molecule has 0 saturated carbocycles. The number of nitrogens with zero attached hydrogens (tertiary/aromatic N) is 2. The summed E-state index contributed by atoms with van der Waals surface area (Å²) in [6, 6.07) is 20.9. The number of carbonyl (C=O) groups is 3. The number of hydrogen-bond donors (Lipinski definition) is 1. The third-order valence-corrected chi connectivity index (χ3v) is 9.36. The predicted molar refractivity (Wildman–Crippen MR) is 163 cm³/mol. The number of carbonyl (C=O) groups excluding carboxylic acids is 3. The molecule has 3 aliphatic heterocycles. The second-order valence-electron chi connectivity index (χ2n) is 11.8. The number of ether oxygens (including phenoxy) is 2. The molecule has 3 aliphatic rings. The molecule has 6 rings (SSSR count). The van der Waals surface area contributed by atoms with E-state index < -0.39 is 53.6 Å². The van der Waals surface area contributed by atoms with Crippen LogP contribution in [0.3, 0.4) is 0 Å². The first-order chi connectivity index (χ1) is 20.8. The van der Waals surface area contributed by atoms with E-state index in [-0.39, 0.29) is 19.1 Å². The average Bonchev–Trinajstić information content (AvgIpc) is 3.60. The fourth-order valence-corrected chi connectivity index (χ4v) is 7.54. The van der Waals surface area contributed by atoms with E-state index in [1.54, 1.807) is 11.0 Å². The van der Waals surface area contributed by atoms with Crippen LogP contribution in [0.5, 0.6) is 0 Å². The molecule has 2 bridgehead atoms. The Morgan fingerprint density at radius 3 is 2.49 bits per heavy atom. The van der Waals surface area contributed by atoms with Crippen LogP contribution in [0.25, 0.3) is 10.8 Å². The van der Waals surface area contributed by atoms with E-state index in [0.717, 1.165) is 10.8 Å². The number of aliphatic hydroxyl groups excluding tert-OH is 1. The van der Waals surface area contributed by atoms with Gasteiger partial charge in [0.25, 0.3) is 5.91 Å². The van der Waals surface area contributed by atoms with E-state index in [1.165, 1.54) is 11.0 Å². The summed E-state index contributed by atoms with van der Waals surface area (Å²) in [6.45, 7) is 9.14. The third-order valence-electron chi connectivity index (χ3n) is 9.36. The highest BCUT2D eigenvalue weighted by Crippen LogP contribution is 2.64. The summed E-state index contributed by atoms with van der Waals surface area (Å²) in [6.07, 6.45) is 4.01. The second kappa shape index (κ2) is 11.1. The largest absolute Gasteiger partial charge is 0.461 e. The van der Waals surface area contributed by atoms with Gasteiger partial charge in [0.05, 0.1) is 24.2 Å². The van der Waals surface area contributed by atoms with Gasteiger partial charge in [0, 0.05) is 12.2 Å². The van der Waals surface area contributed by atoms with Crippen LogP contribution in [-0.2, 0) is 23.9 Å². The van der Waals surface area contributed by atoms with Crippen LogP contribution >= 0.6 is 0 Å². The van der Waals surface area contributed by atoms with Crippen molar-refractivity contribution in [1.82, 2.24) is 4.90 Å². The summed E-state index contributed by atoms with van der Waals surface area (Å²) >= 11 is 0. The van der Waals surface area contributed by atoms with Crippen molar-refractivity contribution in [3.63, 3.8) is 0 Å². The molecule has 6 atom stereocenters. The van der Waals surface area contributed by atoms with Gasteiger partial charge in [-0.2, -0.15) is 0 Å². The van der Waals surface area contributed by atoms with Crippen LogP contribution in [0.2, 0.25) is 0 Å². The van der Waals surface area contributed by atoms with Gasteiger partial charge in [-0.25, -0.2) is 0 Å². The maximum atomic E-state index is 15.0. The molecule has 0 radical (unpaired) electrons. The Balaban J connectivity index is 1.49. The SMILES string of the molecule is C=CCOC(=O)[C@H]1[C@H]2C(=O)N([C@H](CO)c3ccccc3)C(C(=O)N(CC=C)c3ccc4ccccc4c3)C23CC[C@]1(C)O3. The molecule has 3 aromatic carbocycles. The van der Waals surface area contributed by atoms with Gasteiger partial charge in [0.1, 0.15) is 24.2 Å². The first-order valence-electron chi connectivity index (χ1n) is 14.7. The summed E-state index contributed by atoms with van der Waals surface area (Å²) in [5.74, 6) is -3.16. The lowest BCUT2D eigenvalue weighted by Gasteiger charge is -2.39. The Morgan fingerprint density at radius 2 is 1.79 bits per heavy atom. The van der Waals surface area contributed by atoms with Gasteiger partial charge in [-0.3, -0.25) is 14.4 Å². The van der Waals surface area contributed by atoms with E-state index in [9.17, 15) is 19.5 Å². The van der Waals surface area contributed by atoms with Crippen molar-refractivity contribution >= 4 is 34.2 Å². The molecule has 3 saturated heterocycles. The molecule has 2 unspecified atom stereocenters. The molecule has 0 aliphatic carbocycles. The highest BCUT2D eigenvalue weighted by Gasteiger charge is 2.79. The number of fused-ring (bicyclic) bond motifs is 2. The smallest absolute Gasteiger partial charge is 0.313 e. The number of likely N-dealkylation sites (tertiary alicyclic amines) is 1. The highest BCUT2D eigenvalue weighted by molar-refractivity contribution is 6.06. The number of benzene rings is 3. The van der Waals surface area contributed by atoms with Crippen LogP contribution in [0.1, 0.15) is 31.4 Å². The molecular formula is C35H36N2O6. The van der Waals surface area contributed by atoms with Gasteiger partial charge in [-0.15, -0.1) is 6.58 Å². The van der Waals surface area contributed by atoms with Gasteiger partial charge < -0.3 is 24.4 Å². The zero-order chi connectivity index (χ0) is 30.4. The number of hydrogen-bond acceptors (Lipinski definition) is 6. The number of anilines is 1. The zero-order valence-corrected chi connectivity index (χ0v) is 24.2.